The van der Waals surface area contributed by atoms with Gasteiger partial charge >= 0.3 is 0 Å². The molecule has 0 fully saturated rings. The molecule has 0 saturated carbocycles. The van der Waals surface area contributed by atoms with Gasteiger partial charge in [-0.3, -0.25) is 4.79 Å². The third-order valence-corrected chi connectivity index (χ3v) is 5.49. The molecule has 2 heterocycles. The lowest BCUT2D eigenvalue weighted by atomic mass is 9.79. The first kappa shape index (κ1) is 22.0. The van der Waals surface area contributed by atoms with Crippen LogP contribution in [0, 0.1) is 0 Å². The molecule has 1 aromatic carbocycles. The smallest absolute Gasteiger partial charge is 0.257 e. The molecule has 0 radical (unpaired) electrons. The third kappa shape index (κ3) is 4.10. The largest absolute Gasteiger partial charge is 0.508 e. The number of aromatic hydroxyl groups is 1. The SMILES string of the molecule is CCc1cc2n(c1)C(O)C(C(=O)Nc1cc(O)c(C(C)(C)C)cc1C(C)(C)C)=CN2. The van der Waals surface area contributed by atoms with Crippen LogP contribution in [0.4, 0.5) is 11.5 Å². The zero-order valence-corrected chi connectivity index (χ0v) is 18.9. The maximum atomic E-state index is 13.1. The average Bonchev–Trinajstić information content (AvgIpc) is 3.04. The number of rotatable bonds is 3. The van der Waals surface area contributed by atoms with E-state index in [9.17, 15) is 15.0 Å². The standard InChI is InChI=1S/C24H33N3O3/c1-8-14-9-20-25-12-15(22(30)27(20)13-14)21(29)26-18-11-19(28)17(24(5,6)7)10-16(18)23(2,3)4/h9-13,22,25,28,30H,8H2,1-7H3,(H,26,29). The molecule has 0 spiro atoms. The van der Waals surface area contributed by atoms with Crippen LogP contribution in [0.25, 0.3) is 0 Å². The van der Waals surface area contributed by atoms with Gasteiger partial charge in [-0.1, -0.05) is 48.5 Å². The number of phenols is 1. The van der Waals surface area contributed by atoms with Gasteiger partial charge < -0.3 is 25.4 Å². The van der Waals surface area contributed by atoms with Gasteiger partial charge in [-0.15, -0.1) is 0 Å². The Morgan fingerprint density at radius 1 is 1.10 bits per heavy atom. The van der Waals surface area contributed by atoms with Crippen molar-refractivity contribution in [2.75, 3.05) is 10.6 Å². The van der Waals surface area contributed by atoms with Crippen molar-refractivity contribution >= 4 is 17.4 Å². The number of benzene rings is 1. The lowest BCUT2D eigenvalue weighted by Crippen LogP contribution is -2.28. The Kier molecular flexibility index (Phi) is 5.50. The minimum atomic E-state index is -1.08. The number of aliphatic hydroxyl groups excluding tert-OH is 1. The molecule has 3 rings (SSSR count). The van der Waals surface area contributed by atoms with Crippen LogP contribution >= 0.6 is 0 Å². The summed E-state index contributed by atoms with van der Waals surface area (Å²) < 4.78 is 1.65. The fraction of sp³-hybridized carbons (Fsp3) is 0.458. The summed E-state index contributed by atoms with van der Waals surface area (Å²) in [5, 5.41) is 27.4. The number of hydrogen-bond donors (Lipinski definition) is 4. The highest BCUT2D eigenvalue weighted by Gasteiger charge is 2.29. The van der Waals surface area contributed by atoms with Gasteiger partial charge in [-0.05, 0) is 46.1 Å². The molecule has 4 N–H and O–H groups in total. The van der Waals surface area contributed by atoms with E-state index < -0.39 is 12.1 Å². The highest BCUT2D eigenvalue weighted by Crippen LogP contribution is 2.40. The van der Waals surface area contributed by atoms with Gasteiger partial charge in [0.25, 0.3) is 5.91 Å². The number of phenolic OH excluding ortho intramolecular Hbond substituents is 1. The number of carbonyl (C=O) groups is 1. The molecule has 6 nitrogen and oxygen atoms in total. The van der Waals surface area contributed by atoms with Crippen LogP contribution in [-0.4, -0.2) is 20.7 Å². The maximum absolute atomic E-state index is 13.1. The quantitative estimate of drug-likeness (QED) is 0.585. The highest BCUT2D eigenvalue weighted by atomic mass is 16.3. The van der Waals surface area contributed by atoms with Gasteiger partial charge in [0.1, 0.15) is 11.6 Å². The Bertz CT molecular complexity index is 1000. The van der Waals surface area contributed by atoms with E-state index in [2.05, 4.69) is 31.4 Å². The average molecular weight is 412 g/mol. The molecule has 1 aromatic heterocycles. The van der Waals surface area contributed by atoms with E-state index in [1.807, 2.05) is 46.0 Å². The van der Waals surface area contributed by atoms with Crippen LogP contribution in [0.5, 0.6) is 5.75 Å². The van der Waals surface area contributed by atoms with E-state index in [0.29, 0.717) is 5.69 Å². The molecule has 1 aliphatic rings. The van der Waals surface area contributed by atoms with Gasteiger partial charge in [-0.2, -0.15) is 0 Å². The number of aromatic nitrogens is 1. The molecule has 6 heteroatoms. The number of carbonyl (C=O) groups excluding carboxylic acids is 1. The van der Waals surface area contributed by atoms with E-state index in [-0.39, 0.29) is 22.2 Å². The van der Waals surface area contributed by atoms with E-state index in [1.54, 1.807) is 10.6 Å². The molecule has 1 amide bonds. The highest BCUT2D eigenvalue weighted by molar-refractivity contribution is 6.05. The summed E-state index contributed by atoms with van der Waals surface area (Å²) in [6.07, 6.45) is 3.14. The number of aryl methyl sites for hydroxylation is 1. The first-order chi connectivity index (χ1) is 13.8. The molecule has 2 aromatic rings. The van der Waals surface area contributed by atoms with Gasteiger partial charge in [0.15, 0.2) is 6.23 Å². The minimum absolute atomic E-state index is 0.141. The Morgan fingerprint density at radius 3 is 2.30 bits per heavy atom. The molecule has 0 saturated heterocycles. The summed E-state index contributed by atoms with van der Waals surface area (Å²) in [6.45, 7) is 14.4. The third-order valence-electron chi connectivity index (χ3n) is 5.49. The second-order valence-corrected chi connectivity index (χ2v) is 9.98. The summed E-state index contributed by atoms with van der Waals surface area (Å²) in [5.41, 5.74) is 3.08. The number of anilines is 2. The second kappa shape index (κ2) is 7.51. The number of nitrogens with one attached hydrogen (secondary N) is 2. The van der Waals surface area contributed by atoms with Gasteiger partial charge in [0, 0.05) is 24.2 Å². The van der Waals surface area contributed by atoms with Crippen molar-refractivity contribution in [2.45, 2.75) is 71.9 Å². The molecule has 1 aliphatic heterocycles. The summed E-state index contributed by atoms with van der Waals surface area (Å²) in [5.74, 6) is 0.474. The van der Waals surface area contributed by atoms with Crippen molar-refractivity contribution in [1.29, 1.82) is 0 Å². The topological polar surface area (TPSA) is 86.5 Å². The first-order valence-corrected chi connectivity index (χ1v) is 10.4. The predicted molar refractivity (Wildman–Crippen MR) is 121 cm³/mol. The maximum Gasteiger partial charge on any atom is 0.257 e. The van der Waals surface area contributed by atoms with Crippen molar-refractivity contribution in [2.24, 2.45) is 0 Å². The number of amides is 1. The summed E-state index contributed by atoms with van der Waals surface area (Å²) in [7, 11) is 0. The molecule has 30 heavy (non-hydrogen) atoms. The number of nitrogens with zero attached hydrogens (tertiary/aromatic N) is 1. The molecule has 0 aliphatic carbocycles. The monoisotopic (exact) mass is 411 g/mol. The van der Waals surface area contributed by atoms with Gasteiger partial charge in [0.2, 0.25) is 0 Å². The number of fused-ring (bicyclic) bond motifs is 1. The van der Waals surface area contributed by atoms with Crippen molar-refractivity contribution < 1.29 is 15.0 Å². The van der Waals surface area contributed by atoms with E-state index >= 15 is 0 Å². The van der Waals surface area contributed by atoms with E-state index in [1.165, 1.54) is 6.20 Å². The summed E-state index contributed by atoms with van der Waals surface area (Å²) in [6, 6.07) is 5.53. The van der Waals surface area contributed by atoms with Crippen molar-refractivity contribution in [3.63, 3.8) is 0 Å². The van der Waals surface area contributed by atoms with Gasteiger partial charge in [-0.25, -0.2) is 0 Å². The van der Waals surface area contributed by atoms with E-state index in [4.69, 9.17) is 0 Å². The first-order valence-electron chi connectivity index (χ1n) is 10.4. The molecule has 0 bridgehead atoms. The lowest BCUT2D eigenvalue weighted by Gasteiger charge is -2.29. The normalized spacial score (nSPS) is 16.5. The van der Waals surface area contributed by atoms with Crippen LogP contribution in [0.1, 0.15) is 71.4 Å². The molecule has 162 valence electrons. The zero-order valence-electron chi connectivity index (χ0n) is 18.9. The van der Waals surface area contributed by atoms with Crippen molar-refractivity contribution in [3.05, 3.63) is 52.9 Å². The Balaban J connectivity index is 1.95. The van der Waals surface area contributed by atoms with Crippen molar-refractivity contribution in [1.82, 2.24) is 4.57 Å². The zero-order chi connectivity index (χ0) is 22.4. The van der Waals surface area contributed by atoms with Crippen LogP contribution < -0.4 is 10.6 Å². The molecule has 1 unspecified atom stereocenters. The fourth-order valence-corrected chi connectivity index (χ4v) is 3.71. The number of hydrogen-bond acceptors (Lipinski definition) is 4. The van der Waals surface area contributed by atoms with Crippen LogP contribution in [0.2, 0.25) is 0 Å². The molecular weight excluding hydrogens is 378 g/mol. The number of aliphatic hydroxyl groups is 1. The predicted octanol–water partition coefficient (Wildman–Crippen LogP) is 4.79. The Hall–Kier alpha value is -2.73. The molecule has 1 atom stereocenters. The van der Waals surface area contributed by atoms with Gasteiger partial charge in [0.05, 0.1) is 5.57 Å². The van der Waals surface area contributed by atoms with Crippen LogP contribution in [-0.2, 0) is 22.0 Å². The minimum Gasteiger partial charge on any atom is -0.508 e. The van der Waals surface area contributed by atoms with Crippen LogP contribution in [0.3, 0.4) is 0 Å². The summed E-state index contributed by atoms with van der Waals surface area (Å²) in [4.78, 5) is 13.1. The van der Waals surface area contributed by atoms with Crippen LogP contribution in [0.15, 0.2) is 36.2 Å². The summed E-state index contributed by atoms with van der Waals surface area (Å²) >= 11 is 0. The van der Waals surface area contributed by atoms with E-state index in [0.717, 1.165) is 28.9 Å². The molecular formula is C24H33N3O3. The fourth-order valence-electron chi connectivity index (χ4n) is 3.71. The lowest BCUT2D eigenvalue weighted by molar-refractivity contribution is -0.114. The Morgan fingerprint density at radius 2 is 1.73 bits per heavy atom. The second-order valence-electron chi connectivity index (χ2n) is 9.98. The Labute approximate surface area is 178 Å². The van der Waals surface area contributed by atoms with Crippen molar-refractivity contribution in [3.8, 4) is 5.75 Å².